The van der Waals surface area contributed by atoms with E-state index in [0.29, 0.717) is 49.5 Å². The van der Waals surface area contributed by atoms with Crippen LogP contribution in [0.2, 0.25) is 10.0 Å². The highest BCUT2D eigenvalue weighted by Crippen LogP contribution is 2.36. The fourth-order valence-corrected chi connectivity index (χ4v) is 4.30. The molecule has 0 aliphatic rings. The molecule has 0 saturated heterocycles. The Kier molecular flexibility index (Phi) is 7.11. The Labute approximate surface area is 210 Å². The van der Waals surface area contributed by atoms with Crippen LogP contribution in [0.1, 0.15) is 23.1 Å². The molecule has 0 fully saturated rings. The molecule has 182 valence electrons. The van der Waals surface area contributed by atoms with E-state index in [9.17, 15) is 14.3 Å². The van der Waals surface area contributed by atoms with Crippen molar-refractivity contribution in [3.05, 3.63) is 75.5 Å². The first-order valence-electron chi connectivity index (χ1n) is 10.4. The Bertz CT molecular complexity index is 1430. The number of ether oxygens (including phenoxy) is 2. The average Bonchev–Trinajstić information content (AvgIpc) is 3.09. The largest absolute Gasteiger partial charge is 0.494 e. The van der Waals surface area contributed by atoms with Crippen LogP contribution in [0, 0.1) is 12.7 Å². The Morgan fingerprint density at radius 2 is 1.97 bits per heavy atom. The molecule has 2 N–H and O–H groups in total. The summed E-state index contributed by atoms with van der Waals surface area (Å²) in [5, 5.41) is 14.9. The number of fused-ring (bicyclic) bond motifs is 1. The van der Waals surface area contributed by atoms with Gasteiger partial charge in [0.2, 0.25) is 5.88 Å². The summed E-state index contributed by atoms with van der Waals surface area (Å²) in [6, 6.07) is 7.38. The summed E-state index contributed by atoms with van der Waals surface area (Å²) in [6.07, 6.45) is 1.34. The Morgan fingerprint density at radius 3 is 2.66 bits per heavy atom. The molecule has 11 heteroatoms. The molecular weight excluding hydrogens is 498 g/mol. The fraction of sp³-hybridized carbons (Fsp3) is 0.208. The van der Waals surface area contributed by atoms with Crippen LogP contribution < -0.4 is 14.8 Å². The van der Waals surface area contributed by atoms with Crippen molar-refractivity contribution >= 4 is 45.7 Å². The first-order chi connectivity index (χ1) is 16.7. The van der Waals surface area contributed by atoms with Gasteiger partial charge in [-0.05, 0) is 25.1 Å². The van der Waals surface area contributed by atoms with E-state index in [-0.39, 0.29) is 12.3 Å². The van der Waals surface area contributed by atoms with Gasteiger partial charge < -0.3 is 24.5 Å². The summed E-state index contributed by atoms with van der Waals surface area (Å²) in [7, 11) is 2.79. The number of nitrogens with one attached hydrogen (secondary N) is 1. The lowest BCUT2D eigenvalue weighted by Gasteiger charge is -2.14. The van der Waals surface area contributed by atoms with E-state index in [0.717, 1.165) is 0 Å². The molecule has 1 atom stereocenters. The standard InChI is InChI=1S/C24H21Cl2FN4O4/c1-12-22(23(32)24(33)30-14-4-5-28-21(7-14)35-3)15-8-20(34-2)17(27)9-19(15)31(12)11-18-16(26)6-13(25)10-29-18/h4-10,23,32H,11H2,1-3H3,(H,28,30,33). The number of halogens is 3. The molecule has 0 aliphatic carbocycles. The summed E-state index contributed by atoms with van der Waals surface area (Å²) in [5.41, 5.74) is 2.13. The molecular formula is C24H21Cl2FN4O4. The molecule has 1 amide bonds. The number of hydrogen-bond acceptors (Lipinski definition) is 6. The van der Waals surface area contributed by atoms with Gasteiger partial charge >= 0.3 is 0 Å². The maximum absolute atomic E-state index is 14.7. The lowest BCUT2D eigenvalue weighted by Crippen LogP contribution is -2.21. The number of hydrogen-bond donors (Lipinski definition) is 2. The summed E-state index contributed by atoms with van der Waals surface area (Å²) in [4.78, 5) is 21.3. The second kappa shape index (κ2) is 10.1. The molecule has 0 aliphatic heterocycles. The Morgan fingerprint density at radius 1 is 1.20 bits per heavy atom. The van der Waals surface area contributed by atoms with Crippen LogP contribution in [0.5, 0.6) is 11.6 Å². The fourth-order valence-electron chi connectivity index (χ4n) is 3.86. The number of pyridine rings is 2. The van der Waals surface area contributed by atoms with E-state index in [1.807, 2.05) is 0 Å². The van der Waals surface area contributed by atoms with Crippen molar-refractivity contribution in [2.24, 2.45) is 0 Å². The minimum Gasteiger partial charge on any atom is -0.494 e. The van der Waals surface area contributed by atoms with Gasteiger partial charge in [-0.3, -0.25) is 9.78 Å². The number of benzene rings is 1. The van der Waals surface area contributed by atoms with Gasteiger partial charge in [0.25, 0.3) is 5.91 Å². The van der Waals surface area contributed by atoms with E-state index in [1.54, 1.807) is 23.6 Å². The van der Waals surface area contributed by atoms with Crippen LogP contribution in [0.3, 0.4) is 0 Å². The third-order valence-corrected chi connectivity index (χ3v) is 6.10. The van der Waals surface area contributed by atoms with Gasteiger partial charge in [-0.25, -0.2) is 9.37 Å². The number of methoxy groups -OCH3 is 2. The van der Waals surface area contributed by atoms with Gasteiger partial charge in [-0.2, -0.15) is 0 Å². The van der Waals surface area contributed by atoms with Crippen LogP contribution in [-0.4, -0.2) is 39.8 Å². The molecule has 8 nitrogen and oxygen atoms in total. The summed E-state index contributed by atoms with van der Waals surface area (Å²) in [6.45, 7) is 1.87. The highest BCUT2D eigenvalue weighted by molar-refractivity contribution is 6.34. The highest BCUT2D eigenvalue weighted by atomic mass is 35.5. The van der Waals surface area contributed by atoms with Crippen LogP contribution >= 0.6 is 23.2 Å². The van der Waals surface area contributed by atoms with E-state index in [2.05, 4.69) is 15.3 Å². The normalized spacial score (nSPS) is 12.0. The van der Waals surface area contributed by atoms with E-state index < -0.39 is 17.8 Å². The maximum Gasteiger partial charge on any atom is 0.257 e. The van der Waals surface area contributed by atoms with Crippen molar-refractivity contribution in [3.8, 4) is 11.6 Å². The lowest BCUT2D eigenvalue weighted by atomic mass is 10.0. The van der Waals surface area contributed by atoms with E-state index in [1.165, 1.54) is 44.8 Å². The number of carbonyl (C=O) groups excluding carboxylic acids is 1. The summed E-state index contributed by atoms with van der Waals surface area (Å²) < 4.78 is 26.6. The number of aliphatic hydroxyl groups is 1. The van der Waals surface area contributed by atoms with Crippen molar-refractivity contribution in [1.29, 1.82) is 0 Å². The molecule has 4 rings (SSSR count). The molecule has 1 unspecified atom stereocenters. The number of anilines is 1. The quantitative estimate of drug-likeness (QED) is 0.360. The maximum atomic E-state index is 14.7. The first-order valence-corrected chi connectivity index (χ1v) is 11.1. The zero-order chi connectivity index (χ0) is 25.3. The van der Waals surface area contributed by atoms with Gasteiger partial charge in [0.1, 0.15) is 0 Å². The van der Waals surface area contributed by atoms with Crippen LogP contribution in [0.25, 0.3) is 10.9 Å². The van der Waals surface area contributed by atoms with Crippen molar-refractivity contribution in [3.63, 3.8) is 0 Å². The summed E-state index contributed by atoms with van der Waals surface area (Å²) >= 11 is 12.3. The topological polar surface area (TPSA) is 98.5 Å². The van der Waals surface area contributed by atoms with Gasteiger partial charge in [-0.1, -0.05) is 23.2 Å². The van der Waals surface area contributed by atoms with E-state index >= 15 is 0 Å². The summed E-state index contributed by atoms with van der Waals surface area (Å²) in [5.74, 6) is -1.00. The number of carbonyl (C=O) groups is 1. The molecule has 0 bridgehead atoms. The highest BCUT2D eigenvalue weighted by Gasteiger charge is 2.27. The van der Waals surface area contributed by atoms with Gasteiger partial charge in [-0.15, -0.1) is 0 Å². The smallest absolute Gasteiger partial charge is 0.257 e. The molecule has 4 aromatic rings. The minimum absolute atomic E-state index is 0.0231. The zero-order valence-corrected chi connectivity index (χ0v) is 20.5. The average molecular weight is 519 g/mol. The zero-order valence-electron chi connectivity index (χ0n) is 19.0. The van der Waals surface area contributed by atoms with Crippen LogP contribution in [0.4, 0.5) is 10.1 Å². The molecule has 35 heavy (non-hydrogen) atoms. The van der Waals surface area contributed by atoms with Gasteiger partial charge in [0.05, 0.1) is 42.0 Å². The number of aromatic nitrogens is 3. The number of aliphatic hydroxyl groups excluding tert-OH is 1. The Balaban J connectivity index is 1.80. The first kappa shape index (κ1) is 24.7. The van der Waals surface area contributed by atoms with Crippen molar-refractivity contribution in [1.82, 2.24) is 14.5 Å². The molecule has 0 saturated carbocycles. The third kappa shape index (κ3) is 4.88. The molecule has 3 heterocycles. The predicted octanol–water partition coefficient (Wildman–Crippen LogP) is 4.92. The number of nitrogens with zero attached hydrogens (tertiary/aromatic N) is 3. The van der Waals surface area contributed by atoms with E-state index in [4.69, 9.17) is 32.7 Å². The Hall–Kier alpha value is -3.40. The third-order valence-electron chi connectivity index (χ3n) is 5.57. The lowest BCUT2D eigenvalue weighted by molar-refractivity contribution is -0.124. The van der Waals surface area contributed by atoms with Crippen LogP contribution in [-0.2, 0) is 11.3 Å². The molecule has 0 radical (unpaired) electrons. The van der Waals surface area contributed by atoms with Crippen molar-refractivity contribution < 1.29 is 23.8 Å². The molecule has 1 aromatic carbocycles. The molecule has 3 aromatic heterocycles. The van der Waals surface area contributed by atoms with Crippen molar-refractivity contribution in [2.45, 2.75) is 19.6 Å². The SMILES string of the molecule is COc1cc(NC(=O)C(O)c2c(C)n(Cc3ncc(Cl)cc3Cl)c3cc(F)c(OC)cc23)ccn1. The second-order valence-electron chi connectivity index (χ2n) is 7.65. The van der Waals surface area contributed by atoms with Gasteiger partial charge in [0, 0.05) is 46.9 Å². The van der Waals surface area contributed by atoms with Crippen molar-refractivity contribution in [2.75, 3.05) is 19.5 Å². The molecule has 0 spiro atoms. The second-order valence-corrected chi connectivity index (χ2v) is 8.49. The predicted molar refractivity (Wildman–Crippen MR) is 131 cm³/mol. The van der Waals surface area contributed by atoms with Crippen LogP contribution in [0.15, 0.2) is 42.7 Å². The monoisotopic (exact) mass is 518 g/mol. The number of rotatable bonds is 7. The number of amides is 1. The van der Waals surface area contributed by atoms with Gasteiger partial charge in [0.15, 0.2) is 17.7 Å². The minimum atomic E-state index is -1.58.